The average molecular weight is 375 g/mol. The normalized spacial score (nSPS) is 15.9. The number of likely N-dealkylation sites (N-methyl/N-ethyl adjacent to an activating group) is 1. The Hall–Kier alpha value is -1.96. The molecule has 2 heterocycles. The van der Waals surface area contributed by atoms with Gasteiger partial charge in [-0.1, -0.05) is 12.1 Å². The largest absolute Gasteiger partial charge is 0.508 e. The number of phenols is 1. The Labute approximate surface area is 157 Å². The highest BCUT2D eigenvalue weighted by Crippen LogP contribution is 2.22. The number of carbonyl (C=O) groups excluding carboxylic acids is 1. The first-order chi connectivity index (χ1) is 12.6. The lowest BCUT2D eigenvalue weighted by Crippen LogP contribution is -2.34. The van der Waals surface area contributed by atoms with Crippen LogP contribution in [-0.2, 0) is 6.54 Å². The molecule has 140 valence electrons. The molecule has 0 spiro atoms. The number of aliphatic hydroxyl groups excluding tert-OH is 1. The smallest absolute Gasteiger partial charge is 0.265 e. The van der Waals surface area contributed by atoms with Gasteiger partial charge in [-0.15, -0.1) is 11.3 Å². The monoisotopic (exact) mass is 375 g/mol. The van der Waals surface area contributed by atoms with Crippen LogP contribution in [0.1, 0.15) is 46.1 Å². The van der Waals surface area contributed by atoms with E-state index in [1.54, 1.807) is 29.3 Å². The van der Waals surface area contributed by atoms with Gasteiger partial charge in [0.2, 0.25) is 0 Å². The van der Waals surface area contributed by atoms with Crippen LogP contribution in [0.15, 0.2) is 30.5 Å². The summed E-state index contributed by atoms with van der Waals surface area (Å²) in [6.07, 6.45) is 3.26. The second-order valence-electron chi connectivity index (χ2n) is 6.56. The first kappa shape index (κ1) is 18.8. The maximum Gasteiger partial charge on any atom is 0.265 e. The fraction of sp³-hybridized carbons (Fsp3) is 0.474. The maximum atomic E-state index is 12.8. The van der Waals surface area contributed by atoms with Gasteiger partial charge in [-0.2, -0.15) is 0 Å². The van der Waals surface area contributed by atoms with Crippen molar-refractivity contribution in [3.63, 3.8) is 0 Å². The molecule has 1 aliphatic rings. The number of rotatable bonds is 7. The fourth-order valence-corrected chi connectivity index (χ4v) is 4.10. The van der Waals surface area contributed by atoms with Crippen molar-refractivity contribution in [2.24, 2.45) is 0 Å². The molecule has 0 radical (unpaired) electrons. The molecule has 3 rings (SSSR count). The van der Waals surface area contributed by atoms with Gasteiger partial charge in [0, 0.05) is 6.54 Å². The van der Waals surface area contributed by atoms with Crippen LogP contribution in [0.2, 0.25) is 0 Å². The van der Waals surface area contributed by atoms with Crippen molar-refractivity contribution in [3.8, 4) is 5.75 Å². The van der Waals surface area contributed by atoms with Crippen LogP contribution >= 0.6 is 11.3 Å². The number of likely N-dealkylation sites (tertiary alicyclic amines) is 1. The zero-order chi connectivity index (χ0) is 18.5. The minimum absolute atomic E-state index is 0.102. The Morgan fingerprint density at radius 1 is 1.38 bits per heavy atom. The number of carbonyl (C=O) groups is 1. The maximum absolute atomic E-state index is 12.8. The highest BCUT2D eigenvalue weighted by molar-refractivity contribution is 7.13. The topological polar surface area (TPSA) is 76.9 Å². The molecule has 0 unspecified atom stereocenters. The fourth-order valence-electron chi connectivity index (χ4n) is 3.17. The summed E-state index contributed by atoms with van der Waals surface area (Å²) < 4.78 is 0. The molecule has 1 atom stereocenters. The SMILES string of the molecule is CCN(C[C@H](O)c1cccc(O)c1)C(=O)c1cnc(CN2CCCC2)s1. The van der Waals surface area contributed by atoms with Crippen molar-refractivity contribution in [1.82, 2.24) is 14.8 Å². The number of benzene rings is 1. The van der Waals surface area contributed by atoms with E-state index >= 15 is 0 Å². The Bertz CT molecular complexity index is 743. The molecule has 1 fully saturated rings. The van der Waals surface area contributed by atoms with Crippen molar-refractivity contribution in [3.05, 3.63) is 45.9 Å². The molecule has 7 heteroatoms. The number of thiazole rings is 1. The van der Waals surface area contributed by atoms with E-state index in [1.165, 1.54) is 30.2 Å². The summed E-state index contributed by atoms with van der Waals surface area (Å²) in [7, 11) is 0. The van der Waals surface area contributed by atoms with Gasteiger partial charge < -0.3 is 15.1 Å². The van der Waals surface area contributed by atoms with Gasteiger partial charge in [0.05, 0.1) is 25.4 Å². The zero-order valence-corrected chi connectivity index (χ0v) is 15.8. The van der Waals surface area contributed by atoms with Crippen LogP contribution in [0.25, 0.3) is 0 Å². The number of phenolic OH excluding ortho intramolecular Hbond substituents is 1. The van der Waals surface area contributed by atoms with Gasteiger partial charge in [-0.25, -0.2) is 4.98 Å². The Morgan fingerprint density at radius 3 is 2.85 bits per heavy atom. The van der Waals surface area contributed by atoms with E-state index in [0.29, 0.717) is 17.0 Å². The van der Waals surface area contributed by atoms with Gasteiger partial charge in [0.1, 0.15) is 15.6 Å². The minimum Gasteiger partial charge on any atom is -0.508 e. The summed E-state index contributed by atoms with van der Waals surface area (Å²) >= 11 is 1.43. The van der Waals surface area contributed by atoms with Gasteiger partial charge in [-0.3, -0.25) is 9.69 Å². The Morgan fingerprint density at radius 2 is 2.15 bits per heavy atom. The third-order valence-corrected chi connectivity index (χ3v) is 5.61. The minimum atomic E-state index is -0.844. The van der Waals surface area contributed by atoms with Crippen LogP contribution in [0.4, 0.5) is 0 Å². The predicted molar refractivity (Wildman–Crippen MR) is 101 cm³/mol. The second kappa shape index (κ2) is 8.62. The first-order valence-corrected chi connectivity index (χ1v) is 9.81. The van der Waals surface area contributed by atoms with Gasteiger partial charge in [0.25, 0.3) is 5.91 Å². The number of aliphatic hydroxyl groups is 1. The van der Waals surface area contributed by atoms with Crippen molar-refractivity contribution < 1.29 is 15.0 Å². The van der Waals surface area contributed by atoms with Crippen LogP contribution < -0.4 is 0 Å². The zero-order valence-electron chi connectivity index (χ0n) is 15.0. The van der Waals surface area contributed by atoms with Gasteiger partial charge in [0.15, 0.2) is 0 Å². The van der Waals surface area contributed by atoms with Crippen LogP contribution in [0.5, 0.6) is 5.75 Å². The molecule has 1 saturated heterocycles. The molecule has 6 nitrogen and oxygen atoms in total. The van der Waals surface area contributed by atoms with Crippen LogP contribution in [0, 0.1) is 0 Å². The molecular formula is C19H25N3O3S. The summed E-state index contributed by atoms with van der Waals surface area (Å²) in [5.41, 5.74) is 0.593. The second-order valence-corrected chi connectivity index (χ2v) is 7.67. The van der Waals surface area contributed by atoms with Crippen molar-refractivity contribution in [2.45, 2.75) is 32.4 Å². The lowest BCUT2D eigenvalue weighted by molar-refractivity contribution is 0.0639. The van der Waals surface area contributed by atoms with E-state index in [4.69, 9.17) is 0 Å². The number of aromatic hydroxyl groups is 1. The quantitative estimate of drug-likeness (QED) is 0.778. The number of hydrogen-bond donors (Lipinski definition) is 2. The molecule has 1 aliphatic heterocycles. The van der Waals surface area contributed by atoms with E-state index in [0.717, 1.165) is 24.6 Å². The third-order valence-electron chi connectivity index (χ3n) is 4.64. The first-order valence-electron chi connectivity index (χ1n) is 9.00. The standard InChI is InChI=1S/C19H25N3O3S/c1-2-22(12-16(24)14-6-5-7-15(23)10-14)19(25)17-11-20-18(26-17)13-21-8-3-4-9-21/h5-7,10-11,16,23-24H,2-4,8-9,12-13H2,1H3/t16-/m0/s1. The molecule has 1 amide bonds. The molecule has 1 aromatic heterocycles. The van der Waals surface area contributed by atoms with E-state index in [-0.39, 0.29) is 18.2 Å². The van der Waals surface area contributed by atoms with E-state index in [1.807, 2.05) is 6.92 Å². The third kappa shape index (κ3) is 4.60. The lowest BCUT2D eigenvalue weighted by Gasteiger charge is -2.23. The van der Waals surface area contributed by atoms with E-state index in [9.17, 15) is 15.0 Å². The number of aromatic nitrogens is 1. The summed E-state index contributed by atoms with van der Waals surface area (Å²) in [6.45, 7) is 5.56. The molecule has 0 bridgehead atoms. The number of nitrogens with zero attached hydrogens (tertiary/aromatic N) is 3. The molecule has 0 aliphatic carbocycles. The molecule has 0 saturated carbocycles. The van der Waals surface area contributed by atoms with Gasteiger partial charge in [-0.05, 0) is 50.6 Å². The predicted octanol–water partition coefficient (Wildman–Crippen LogP) is 2.64. The average Bonchev–Trinajstić information content (AvgIpc) is 3.31. The van der Waals surface area contributed by atoms with Crippen LogP contribution in [0.3, 0.4) is 0 Å². The van der Waals surface area contributed by atoms with Gasteiger partial charge >= 0.3 is 0 Å². The summed E-state index contributed by atoms with van der Waals surface area (Å²) in [6, 6.07) is 6.49. The summed E-state index contributed by atoms with van der Waals surface area (Å²) in [5.74, 6) is -0.0122. The number of hydrogen-bond acceptors (Lipinski definition) is 6. The number of amides is 1. The highest BCUT2D eigenvalue weighted by atomic mass is 32.1. The van der Waals surface area contributed by atoms with Crippen molar-refractivity contribution >= 4 is 17.2 Å². The lowest BCUT2D eigenvalue weighted by atomic mass is 10.1. The van der Waals surface area contributed by atoms with Crippen molar-refractivity contribution in [2.75, 3.05) is 26.2 Å². The Kier molecular flexibility index (Phi) is 6.24. The van der Waals surface area contributed by atoms with E-state index < -0.39 is 6.10 Å². The molecule has 1 aromatic carbocycles. The highest BCUT2D eigenvalue weighted by Gasteiger charge is 2.22. The summed E-state index contributed by atoms with van der Waals surface area (Å²) in [4.78, 5) is 21.8. The van der Waals surface area contributed by atoms with E-state index in [2.05, 4.69) is 9.88 Å². The summed E-state index contributed by atoms with van der Waals surface area (Å²) in [5, 5.41) is 20.9. The molecule has 26 heavy (non-hydrogen) atoms. The van der Waals surface area contributed by atoms with Crippen molar-refractivity contribution in [1.29, 1.82) is 0 Å². The Balaban J connectivity index is 1.63. The van der Waals surface area contributed by atoms with Crippen LogP contribution in [-0.4, -0.2) is 57.1 Å². The molecule has 2 aromatic rings. The molecular weight excluding hydrogens is 350 g/mol. The molecule has 2 N–H and O–H groups in total.